The fourth-order valence-electron chi connectivity index (χ4n) is 3.14. The van der Waals surface area contributed by atoms with Crippen LogP contribution >= 0.6 is 0 Å². The third-order valence-electron chi connectivity index (χ3n) is 4.62. The summed E-state index contributed by atoms with van der Waals surface area (Å²) < 4.78 is 30.4. The Balaban J connectivity index is 1.85. The molecule has 1 aromatic heterocycles. The zero-order chi connectivity index (χ0) is 19.1. The van der Waals surface area contributed by atoms with E-state index in [0.29, 0.717) is 12.1 Å². The number of aromatic nitrogens is 2. The van der Waals surface area contributed by atoms with Gasteiger partial charge in [-0.15, -0.1) is 0 Å². The molecule has 140 valence electrons. The first kappa shape index (κ1) is 18.6. The molecule has 9 heteroatoms. The minimum atomic E-state index is -3.77. The van der Waals surface area contributed by atoms with Crippen molar-refractivity contribution in [3.63, 3.8) is 0 Å². The van der Waals surface area contributed by atoms with Crippen LogP contribution in [0.1, 0.15) is 29.3 Å². The molecule has 2 aromatic rings. The van der Waals surface area contributed by atoms with Crippen LogP contribution in [-0.2, 0) is 22.1 Å². The number of nitrogens with zero attached hydrogens (tertiary/aromatic N) is 3. The SMILES string of the molecule is Cc1ccc(NC(=O)C2CC(c3cn(C)nc3C)NS(=O)(=O)N2C)cc1. The van der Waals surface area contributed by atoms with E-state index in [1.807, 2.05) is 26.0 Å². The second-order valence-electron chi connectivity index (χ2n) is 6.64. The molecule has 0 bridgehead atoms. The highest BCUT2D eigenvalue weighted by Gasteiger charge is 2.41. The van der Waals surface area contributed by atoms with Crippen LogP contribution in [0.2, 0.25) is 0 Å². The summed E-state index contributed by atoms with van der Waals surface area (Å²) >= 11 is 0. The molecule has 1 saturated heterocycles. The van der Waals surface area contributed by atoms with Gasteiger partial charge in [-0.05, 0) is 32.4 Å². The lowest BCUT2D eigenvalue weighted by atomic mass is 10.00. The molecule has 8 nitrogen and oxygen atoms in total. The van der Waals surface area contributed by atoms with Crippen LogP contribution in [0.4, 0.5) is 5.69 Å². The lowest BCUT2D eigenvalue weighted by molar-refractivity contribution is -0.120. The molecular weight excluding hydrogens is 354 g/mol. The molecular formula is C17H23N5O3S. The predicted octanol–water partition coefficient (Wildman–Crippen LogP) is 1.26. The van der Waals surface area contributed by atoms with E-state index in [9.17, 15) is 13.2 Å². The summed E-state index contributed by atoms with van der Waals surface area (Å²) in [6.45, 7) is 3.78. The predicted molar refractivity (Wildman–Crippen MR) is 98.7 cm³/mol. The summed E-state index contributed by atoms with van der Waals surface area (Å²) in [7, 11) is -0.584. The third-order valence-corrected chi connectivity index (χ3v) is 6.21. The molecule has 1 amide bonds. The Morgan fingerprint density at radius 1 is 1.23 bits per heavy atom. The van der Waals surface area contributed by atoms with Gasteiger partial charge in [0.15, 0.2) is 0 Å². The first-order valence-electron chi connectivity index (χ1n) is 8.30. The Morgan fingerprint density at radius 2 is 1.88 bits per heavy atom. The van der Waals surface area contributed by atoms with Gasteiger partial charge in [0, 0.05) is 31.5 Å². The van der Waals surface area contributed by atoms with Gasteiger partial charge in [0.05, 0.1) is 11.7 Å². The smallest absolute Gasteiger partial charge is 0.280 e. The molecule has 2 atom stereocenters. The van der Waals surface area contributed by atoms with Crippen molar-refractivity contribution in [1.82, 2.24) is 18.8 Å². The van der Waals surface area contributed by atoms with Crippen molar-refractivity contribution in [2.24, 2.45) is 7.05 Å². The average molecular weight is 377 g/mol. The molecule has 0 saturated carbocycles. The van der Waals surface area contributed by atoms with Gasteiger partial charge < -0.3 is 5.32 Å². The van der Waals surface area contributed by atoms with Crippen LogP contribution in [0.3, 0.4) is 0 Å². The molecule has 1 aliphatic rings. The zero-order valence-corrected chi connectivity index (χ0v) is 16.0. The summed E-state index contributed by atoms with van der Waals surface area (Å²) in [6.07, 6.45) is 2.10. The second kappa shape index (κ2) is 6.82. The van der Waals surface area contributed by atoms with Crippen LogP contribution in [0.25, 0.3) is 0 Å². The summed E-state index contributed by atoms with van der Waals surface area (Å²) in [5, 5.41) is 7.07. The molecule has 3 rings (SSSR count). The Kier molecular flexibility index (Phi) is 4.87. The Hall–Kier alpha value is -2.23. The number of anilines is 1. The summed E-state index contributed by atoms with van der Waals surface area (Å²) in [6, 6.07) is 6.06. The van der Waals surface area contributed by atoms with Gasteiger partial charge in [0.2, 0.25) is 5.91 Å². The van der Waals surface area contributed by atoms with Crippen LogP contribution in [0.5, 0.6) is 0 Å². The number of likely N-dealkylation sites (N-methyl/N-ethyl adjacent to an activating group) is 1. The Bertz CT molecular complexity index is 920. The van der Waals surface area contributed by atoms with Crippen molar-refractivity contribution in [2.45, 2.75) is 32.4 Å². The summed E-state index contributed by atoms with van der Waals surface area (Å²) in [5.74, 6) is -0.354. The number of aryl methyl sites for hydroxylation is 3. The minimum Gasteiger partial charge on any atom is -0.325 e. The number of amides is 1. The van der Waals surface area contributed by atoms with E-state index >= 15 is 0 Å². The fraction of sp³-hybridized carbons (Fsp3) is 0.412. The minimum absolute atomic E-state index is 0.319. The van der Waals surface area contributed by atoms with Crippen LogP contribution in [0, 0.1) is 13.8 Å². The van der Waals surface area contributed by atoms with Gasteiger partial charge in [-0.3, -0.25) is 9.48 Å². The number of benzene rings is 1. The van der Waals surface area contributed by atoms with E-state index in [1.54, 1.807) is 30.1 Å². The fourth-order valence-corrected chi connectivity index (χ4v) is 4.40. The molecule has 0 radical (unpaired) electrons. The first-order valence-corrected chi connectivity index (χ1v) is 9.74. The maximum atomic E-state index is 12.8. The van der Waals surface area contributed by atoms with Crippen molar-refractivity contribution in [3.8, 4) is 0 Å². The molecule has 0 aliphatic carbocycles. The first-order chi connectivity index (χ1) is 12.2. The highest BCUT2D eigenvalue weighted by atomic mass is 32.2. The molecule has 1 fully saturated rings. The van der Waals surface area contributed by atoms with Gasteiger partial charge in [-0.2, -0.15) is 22.5 Å². The van der Waals surface area contributed by atoms with E-state index in [2.05, 4.69) is 15.1 Å². The van der Waals surface area contributed by atoms with Crippen molar-refractivity contribution in [3.05, 3.63) is 47.3 Å². The third kappa shape index (κ3) is 3.64. The average Bonchev–Trinajstić information content (AvgIpc) is 2.90. The van der Waals surface area contributed by atoms with E-state index in [0.717, 1.165) is 21.1 Å². The quantitative estimate of drug-likeness (QED) is 0.841. The second-order valence-corrected chi connectivity index (χ2v) is 8.40. The molecule has 1 aromatic carbocycles. The number of nitrogens with one attached hydrogen (secondary N) is 2. The molecule has 26 heavy (non-hydrogen) atoms. The van der Waals surface area contributed by atoms with Crippen LogP contribution in [-0.4, -0.2) is 41.5 Å². The zero-order valence-electron chi connectivity index (χ0n) is 15.2. The van der Waals surface area contributed by atoms with Crippen molar-refractivity contribution in [1.29, 1.82) is 0 Å². The van der Waals surface area contributed by atoms with Crippen molar-refractivity contribution >= 4 is 21.8 Å². The number of carbonyl (C=O) groups is 1. The Morgan fingerprint density at radius 3 is 2.46 bits per heavy atom. The number of hydrogen-bond donors (Lipinski definition) is 2. The van der Waals surface area contributed by atoms with Crippen molar-refractivity contribution < 1.29 is 13.2 Å². The highest BCUT2D eigenvalue weighted by molar-refractivity contribution is 7.87. The number of hydrogen-bond acceptors (Lipinski definition) is 4. The largest absolute Gasteiger partial charge is 0.325 e. The molecule has 1 aliphatic heterocycles. The topological polar surface area (TPSA) is 96.3 Å². The van der Waals surface area contributed by atoms with Gasteiger partial charge in [-0.1, -0.05) is 17.7 Å². The van der Waals surface area contributed by atoms with E-state index in [4.69, 9.17) is 0 Å². The Labute approximate surface area is 153 Å². The molecule has 2 heterocycles. The van der Waals surface area contributed by atoms with E-state index in [-0.39, 0.29) is 5.91 Å². The lowest BCUT2D eigenvalue weighted by Gasteiger charge is -2.36. The summed E-state index contributed by atoms with van der Waals surface area (Å²) in [5.41, 5.74) is 3.23. The number of carbonyl (C=O) groups excluding carboxylic acids is 1. The molecule has 2 unspecified atom stereocenters. The maximum absolute atomic E-state index is 12.8. The van der Waals surface area contributed by atoms with Crippen molar-refractivity contribution in [2.75, 3.05) is 12.4 Å². The molecule has 0 spiro atoms. The van der Waals surface area contributed by atoms with Crippen LogP contribution in [0.15, 0.2) is 30.5 Å². The van der Waals surface area contributed by atoms with Gasteiger partial charge in [0.25, 0.3) is 10.2 Å². The monoisotopic (exact) mass is 377 g/mol. The number of rotatable bonds is 3. The normalized spacial score (nSPS) is 22.9. The molecule has 2 N–H and O–H groups in total. The summed E-state index contributed by atoms with van der Waals surface area (Å²) in [4.78, 5) is 12.8. The standard InChI is InChI=1S/C17H23N5O3S/c1-11-5-7-13(8-6-11)18-17(23)16-9-15(20-26(24,25)22(16)4)14-10-21(3)19-12(14)2/h5-8,10,15-16,20H,9H2,1-4H3,(H,18,23). The van der Waals surface area contributed by atoms with Gasteiger partial charge in [-0.25, -0.2) is 0 Å². The maximum Gasteiger partial charge on any atom is 0.280 e. The van der Waals surface area contributed by atoms with Gasteiger partial charge >= 0.3 is 0 Å². The highest BCUT2D eigenvalue weighted by Crippen LogP contribution is 2.29. The van der Waals surface area contributed by atoms with Crippen LogP contribution < -0.4 is 10.0 Å². The van der Waals surface area contributed by atoms with Gasteiger partial charge in [0.1, 0.15) is 6.04 Å². The van der Waals surface area contributed by atoms with E-state index < -0.39 is 22.3 Å². The lowest BCUT2D eigenvalue weighted by Crippen LogP contribution is -2.56. The van der Waals surface area contributed by atoms with E-state index in [1.165, 1.54) is 7.05 Å².